The van der Waals surface area contributed by atoms with Crippen LogP contribution in [0.25, 0.3) is 43.8 Å². The molecule has 2 aliphatic heterocycles. The molecule has 0 aliphatic carbocycles. The Morgan fingerprint density at radius 2 is 1.22 bits per heavy atom. The summed E-state index contributed by atoms with van der Waals surface area (Å²) in [4.78, 5) is 0. The fourth-order valence-corrected chi connectivity index (χ4v) is 6.04. The molecule has 1 N–H and O–H groups in total. The summed E-state index contributed by atoms with van der Waals surface area (Å²) in [6, 6.07) is 23.3. The van der Waals surface area contributed by atoms with Crippen molar-refractivity contribution in [2.45, 2.75) is 12.4 Å². The zero-order valence-corrected chi connectivity index (χ0v) is 22.4. The van der Waals surface area contributed by atoms with Gasteiger partial charge in [0.2, 0.25) is 11.9 Å². The van der Waals surface area contributed by atoms with Crippen LogP contribution in [-0.4, -0.2) is 32.7 Å². The molecule has 0 amide bonds. The molecule has 3 heterocycles. The number of furan rings is 1. The van der Waals surface area contributed by atoms with Gasteiger partial charge in [-0.15, -0.1) is 0 Å². The Bertz CT molecular complexity index is 2010. The SMILES string of the molecule is COc1ccc(-c2oc3c(OC)c4c(c(OC)c3c2O)C2Oc3c(c5ccccc5c5ccccc35)OC2O4)cc1. The molecule has 0 spiro atoms. The first-order chi connectivity index (χ1) is 20.1. The van der Waals surface area contributed by atoms with Gasteiger partial charge >= 0.3 is 0 Å². The fraction of sp³-hybridized carbons (Fsp3) is 0.152. The zero-order valence-electron chi connectivity index (χ0n) is 22.4. The van der Waals surface area contributed by atoms with Crippen LogP contribution in [0.1, 0.15) is 11.7 Å². The van der Waals surface area contributed by atoms with Crippen LogP contribution in [0.15, 0.2) is 77.2 Å². The highest BCUT2D eigenvalue weighted by atomic mass is 16.7. The Morgan fingerprint density at radius 3 is 1.83 bits per heavy atom. The lowest BCUT2D eigenvalue weighted by molar-refractivity contribution is -0.0745. The second-order valence-electron chi connectivity index (χ2n) is 9.91. The zero-order chi connectivity index (χ0) is 27.8. The minimum Gasteiger partial charge on any atom is -0.504 e. The van der Waals surface area contributed by atoms with E-state index < -0.39 is 12.4 Å². The molecule has 8 rings (SSSR count). The largest absolute Gasteiger partial charge is 0.504 e. The molecule has 8 heteroatoms. The average molecular weight is 549 g/mol. The van der Waals surface area contributed by atoms with Crippen LogP contribution in [0.4, 0.5) is 0 Å². The van der Waals surface area contributed by atoms with E-state index >= 15 is 0 Å². The second kappa shape index (κ2) is 8.63. The summed E-state index contributed by atoms with van der Waals surface area (Å²) in [6.07, 6.45) is -1.52. The van der Waals surface area contributed by atoms with E-state index in [1.165, 1.54) is 14.2 Å². The molecule has 1 aromatic heterocycles. The van der Waals surface area contributed by atoms with E-state index in [9.17, 15) is 5.11 Å². The van der Waals surface area contributed by atoms with Gasteiger partial charge in [-0.3, -0.25) is 0 Å². The summed E-state index contributed by atoms with van der Waals surface area (Å²) in [6.45, 7) is 0. The van der Waals surface area contributed by atoms with Crippen molar-refractivity contribution >= 4 is 32.5 Å². The van der Waals surface area contributed by atoms with Crippen LogP contribution in [-0.2, 0) is 0 Å². The summed E-state index contributed by atoms with van der Waals surface area (Å²) in [5.74, 6) is 3.15. The molecular formula is C33H24O8. The standard InChI is InChI=1S/C33H24O8/c1-35-17-14-12-16(13-15-17)25-24(34)22-28(36-2)23-30(32(37-3)29(22)38-25)41-33-31(23)39-26-20-10-6-4-8-18(20)19-9-5-7-11-21(19)27(26)40-33/h4-15,31,33-34H,1-3H3. The molecule has 6 aromatic rings. The number of ether oxygens (including phenoxy) is 6. The first-order valence-corrected chi connectivity index (χ1v) is 13.1. The monoisotopic (exact) mass is 548 g/mol. The number of rotatable bonds is 4. The highest BCUT2D eigenvalue weighted by Crippen LogP contribution is 2.61. The van der Waals surface area contributed by atoms with E-state index in [0.717, 1.165) is 21.5 Å². The molecule has 204 valence electrons. The molecule has 0 saturated heterocycles. The van der Waals surface area contributed by atoms with Gasteiger partial charge in [0.1, 0.15) is 16.9 Å². The lowest BCUT2D eigenvalue weighted by Crippen LogP contribution is -2.33. The first-order valence-electron chi connectivity index (χ1n) is 13.1. The summed E-state index contributed by atoms with van der Waals surface area (Å²) in [5, 5.41) is 15.8. The Balaban J connectivity index is 1.35. The highest BCUT2D eigenvalue weighted by Gasteiger charge is 2.49. The van der Waals surface area contributed by atoms with E-state index in [1.54, 1.807) is 31.4 Å². The quantitative estimate of drug-likeness (QED) is 0.229. The van der Waals surface area contributed by atoms with Gasteiger partial charge in [0.15, 0.2) is 34.3 Å². The van der Waals surface area contributed by atoms with E-state index in [2.05, 4.69) is 12.1 Å². The summed E-state index contributed by atoms with van der Waals surface area (Å²) >= 11 is 0. The minimum atomic E-state index is -0.820. The molecule has 0 bridgehead atoms. The summed E-state index contributed by atoms with van der Waals surface area (Å²) < 4.78 is 42.9. The van der Waals surface area contributed by atoms with Crippen LogP contribution < -0.4 is 28.4 Å². The third kappa shape index (κ3) is 3.15. The number of hydrogen-bond acceptors (Lipinski definition) is 8. The topological polar surface area (TPSA) is 88.8 Å². The molecule has 5 aromatic carbocycles. The Hall–Kier alpha value is -5.24. The third-order valence-electron chi connectivity index (χ3n) is 7.86. The molecule has 2 unspecified atom stereocenters. The smallest absolute Gasteiger partial charge is 0.282 e. The maximum Gasteiger partial charge on any atom is 0.282 e. The normalized spacial score (nSPS) is 16.9. The first kappa shape index (κ1) is 23.6. The third-order valence-corrected chi connectivity index (χ3v) is 7.86. The van der Waals surface area contributed by atoms with Crippen molar-refractivity contribution in [2.24, 2.45) is 0 Å². The lowest BCUT2D eigenvalue weighted by atomic mass is 9.98. The van der Waals surface area contributed by atoms with Crippen molar-refractivity contribution in [3.63, 3.8) is 0 Å². The number of fused-ring (bicyclic) bond motifs is 10. The Morgan fingerprint density at radius 1 is 0.634 bits per heavy atom. The van der Waals surface area contributed by atoms with Crippen molar-refractivity contribution in [3.8, 4) is 51.6 Å². The van der Waals surface area contributed by atoms with Crippen LogP contribution >= 0.6 is 0 Å². The maximum absolute atomic E-state index is 11.5. The van der Waals surface area contributed by atoms with Gasteiger partial charge in [0.05, 0.1) is 26.9 Å². The maximum atomic E-state index is 11.5. The van der Waals surface area contributed by atoms with Gasteiger partial charge in [0.25, 0.3) is 6.29 Å². The summed E-state index contributed by atoms with van der Waals surface area (Å²) in [5.41, 5.74) is 1.52. The van der Waals surface area contributed by atoms with Crippen molar-refractivity contribution in [1.82, 2.24) is 0 Å². The number of hydrogen-bond donors (Lipinski definition) is 1. The average Bonchev–Trinajstić information content (AvgIpc) is 3.56. The number of aromatic hydroxyl groups is 1. The number of benzene rings is 5. The van der Waals surface area contributed by atoms with Crippen LogP contribution in [0.5, 0.6) is 40.2 Å². The second-order valence-corrected chi connectivity index (χ2v) is 9.91. The molecule has 41 heavy (non-hydrogen) atoms. The Kier molecular flexibility index (Phi) is 4.97. The number of methoxy groups -OCH3 is 3. The molecule has 2 aliphatic rings. The van der Waals surface area contributed by atoms with E-state index in [-0.39, 0.29) is 11.5 Å². The fourth-order valence-electron chi connectivity index (χ4n) is 6.04. The Labute approximate surface area is 234 Å². The minimum absolute atomic E-state index is 0.0832. The van der Waals surface area contributed by atoms with Gasteiger partial charge in [-0.05, 0) is 35.0 Å². The van der Waals surface area contributed by atoms with Gasteiger partial charge in [-0.25, -0.2) is 0 Å². The van der Waals surface area contributed by atoms with Crippen molar-refractivity contribution < 1.29 is 37.9 Å². The van der Waals surface area contributed by atoms with E-state index in [0.29, 0.717) is 56.6 Å². The van der Waals surface area contributed by atoms with Gasteiger partial charge in [0, 0.05) is 16.3 Å². The lowest BCUT2D eigenvalue weighted by Gasteiger charge is -2.30. The predicted molar refractivity (Wildman–Crippen MR) is 153 cm³/mol. The van der Waals surface area contributed by atoms with Crippen molar-refractivity contribution in [1.29, 1.82) is 0 Å². The molecule has 8 nitrogen and oxygen atoms in total. The highest BCUT2D eigenvalue weighted by molar-refractivity contribution is 6.14. The van der Waals surface area contributed by atoms with Gasteiger partial charge in [-0.2, -0.15) is 0 Å². The van der Waals surface area contributed by atoms with Crippen LogP contribution in [0.2, 0.25) is 0 Å². The van der Waals surface area contributed by atoms with Crippen LogP contribution in [0, 0.1) is 0 Å². The molecule has 0 saturated carbocycles. The predicted octanol–water partition coefficient (Wildman–Crippen LogP) is 7.37. The molecule has 0 fully saturated rings. The molecule has 0 radical (unpaired) electrons. The van der Waals surface area contributed by atoms with Crippen molar-refractivity contribution in [3.05, 3.63) is 78.4 Å². The molecule has 2 atom stereocenters. The van der Waals surface area contributed by atoms with E-state index in [4.69, 9.17) is 32.8 Å². The van der Waals surface area contributed by atoms with Crippen LogP contribution in [0.3, 0.4) is 0 Å². The van der Waals surface area contributed by atoms with E-state index in [1.807, 2.05) is 36.4 Å². The molecular weight excluding hydrogens is 524 g/mol. The van der Waals surface area contributed by atoms with Gasteiger partial charge in [-0.1, -0.05) is 48.5 Å². The summed E-state index contributed by atoms with van der Waals surface area (Å²) in [7, 11) is 4.66. The van der Waals surface area contributed by atoms with Gasteiger partial charge < -0.3 is 37.9 Å². The van der Waals surface area contributed by atoms with Crippen molar-refractivity contribution in [2.75, 3.05) is 21.3 Å².